The van der Waals surface area contributed by atoms with Gasteiger partial charge in [-0.3, -0.25) is 4.90 Å². The molecule has 1 atom stereocenters. The van der Waals surface area contributed by atoms with Crippen molar-refractivity contribution >= 4 is 27.4 Å². The standard InChI is InChI=1S/C17H20N6OS/c1-11(16-20-14(21-24-16)12-2-3-12)22-5-7-23(8-6-22)15-13-4-9-25-17(13)19-10-18-15/h4,9-12H,2-3,5-8H2,1H3. The molecule has 0 spiro atoms. The van der Waals surface area contributed by atoms with E-state index in [2.05, 4.69) is 48.3 Å². The highest BCUT2D eigenvalue weighted by atomic mass is 32.1. The summed E-state index contributed by atoms with van der Waals surface area (Å²) >= 11 is 1.66. The summed E-state index contributed by atoms with van der Waals surface area (Å²) in [7, 11) is 0. The summed E-state index contributed by atoms with van der Waals surface area (Å²) in [5, 5.41) is 7.38. The summed E-state index contributed by atoms with van der Waals surface area (Å²) in [6.45, 7) is 5.95. The number of thiophene rings is 1. The number of hydrogen-bond donors (Lipinski definition) is 0. The van der Waals surface area contributed by atoms with E-state index in [0.29, 0.717) is 5.92 Å². The largest absolute Gasteiger partial charge is 0.353 e. The van der Waals surface area contributed by atoms with Crippen LogP contribution >= 0.6 is 11.3 Å². The third-order valence-electron chi connectivity index (χ3n) is 5.16. The maximum Gasteiger partial charge on any atom is 0.243 e. The lowest BCUT2D eigenvalue weighted by atomic mass is 10.2. The van der Waals surface area contributed by atoms with Crippen LogP contribution in [0, 0.1) is 0 Å². The Hall–Kier alpha value is -2.06. The van der Waals surface area contributed by atoms with Crippen LogP contribution in [-0.4, -0.2) is 51.2 Å². The normalized spacial score (nSPS) is 20.3. The second-order valence-corrected chi connectivity index (χ2v) is 7.70. The van der Waals surface area contributed by atoms with Crippen molar-refractivity contribution in [2.24, 2.45) is 0 Å². The van der Waals surface area contributed by atoms with Crippen LogP contribution in [0.5, 0.6) is 0 Å². The molecule has 0 amide bonds. The molecule has 8 heteroatoms. The summed E-state index contributed by atoms with van der Waals surface area (Å²) in [4.78, 5) is 19.3. The van der Waals surface area contributed by atoms with Crippen LogP contribution in [-0.2, 0) is 0 Å². The predicted octanol–water partition coefficient (Wildman–Crippen LogP) is 2.83. The second-order valence-electron chi connectivity index (χ2n) is 6.80. The van der Waals surface area contributed by atoms with E-state index >= 15 is 0 Å². The minimum absolute atomic E-state index is 0.161. The van der Waals surface area contributed by atoms with Crippen molar-refractivity contribution in [1.29, 1.82) is 0 Å². The Labute approximate surface area is 149 Å². The molecule has 0 bridgehead atoms. The SMILES string of the molecule is CC(c1nc(C2CC2)no1)N1CCN(c2ncnc3sccc23)CC1. The molecule has 25 heavy (non-hydrogen) atoms. The Morgan fingerprint density at radius 3 is 2.84 bits per heavy atom. The van der Waals surface area contributed by atoms with Gasteiger partial charge >= 0.3 is 0 Å². The van der Waals surface area contributed by atoms with Crippen LogP contribution in [0.25, 0.3) is 10.2 Å². The van der Waals surface area contributed by atoms with Crippen LogP contribution in [0.2, 0.25) is 0 Å². The Balaban J connectivity index is 1.28. The summed E-state index contributed by atoms with van der Waals surface area (Å²) in [5.41, 5.74) is 0. The van der Waals surface area contributed by atoms with Crippen molar-refractivity contribution < 1.29 is 4.52 Å². The van der Waals surface area contributed by atoms with Crippen LogP contribution < -0.4 is 4.90 Å². The summed E-state index contributed by atoms with van der Waals surface area (Å²) < 4.78 is 5.50. The first-order chi connectivity index (χ1) is 12.3. The highest BCUT2D eigenvalue weighted by Crippen LogP contribution is 2.38. The average Bonchev–Trinajstić information content (AvgIpc) is 3.19. The molecular weight excluding hydrogens is 336 g/mol. The van der Waals surface area contributed by atoms with Crippen molar-refractivity contribution in [1.82, 2.24) is 25.0 Å². The van der Waals surface area contributed by atoms with E-state index in [1.54, 1.807) is 17.7 Å². The van der Waals surface area contributed by atoms with E-state index < -0.39 is 0 Å². The zero-order valence-corrected chi connectivity index (χ0v) is 14.9. The minimum atomic E-state index is 0.161. The van der Waals surface area contributed by atoms with Crippen LogP contribution in [0.15, 0.2) is 22.3 Å². The highest BCUT2D eigenvalue weighted by Gasteiger charge is 2.31. The van der Waals surface area contributed by atoms with Gasteiger partial charge in [-0.1, -0.05) is 5.16 Å². The van der Waals surface area contributed by atoms with Gasteiger partial charge < -0.3 is 9.42 Å². The monoisotopic (exact) mass is 356 g/mol. The number of piperazine rings is 1. The van der Waals surface area contributed by atoms with Gasteiger partial charge in [0.1, 0.15) is 17.0 Å². The van der Waals surface area contributed by atoms with Crippen molar-refractivity contribution in [2.75, 3.05) is 31.1 Å². The fourth-order valence-corrected chi connectivity index (χ4v) is 4.16. The molecule has 4 heterocycles. The van der Waals surface area contributed by atoms with Crippen LogP contribution in [0.4, 0.5) is 5.82 Å². The van der Waals surface area contributed by atoms with Crippen molar-refractivity contribution in [2.45, 2.75) is 31.7 Å². The number of anilines is 1. The Morgan fingerprint density at radius 2 is 2.04 bits per heavy atom. The first kappa shape index (κ1) is 15.2. The van der Waals surface area contributed by atoms with E-state index in [4.69, 9.17) is 4.52 Å². The lowest BCUT2D eigenvalue weighted by Gasteiger charge is -2.37. The Kier molecular flexibility index (Phi) is 3.67. The zero-order chi connectivity index (χ0) is 16.8. The first-order valence-electron chi connectivity index (χ1n) is 8.80. The predicted molar refractivity (Wildman–Crippen MR) is 95.9 cm³/mol. The molecule has 1 saturated heterocycles. The third-order valence-corrected chi connectivity index (χ3v) is 5.98. The molecule has 130 valence electrons. The number of rotatable bonds is 4. The molecule has 1 aliphatic carbocycles. The number of nitrogens with zero attached hydrogens (tertiary/aromatic N) is 6. The smallest absolute Gasteiger partial charge is 0.243 e. The fourth-order valence-electron chi connectivity index (χ4n) is 3.43. The van der Waals surface area contributed by atoms with E-state index in [-0.39, 0.29) is 6.04 Å². The highest BCUT2D eigenvalue weighted by molar-refractivity contribution is 7.16. The Bertz CT molecular complexity index is 880. The molecule has 0 radical (unpaired) electrons. The third kappa shape index (κ3) is 2.79. The average molecular weight is 356 g/mol. The first-order valence-corrected chi connectivity index (χ1v) is 9.68. The van der Waals surface area contributed by atoms with Gasteiger partial charge in [0.05, 0.1) is 11.4 Å². The van der Waals surface area contributed by atoms with Crippen LogP contribution in [0.1, 0.15) is 43.4 Å². The lowest BCUT2D eigenvalue weighted by molar-refractivity contribution is 0.164. The lowest BCUT2D eigenvalue weighted by Crippen LogP contribution is -2.47. The van der Waals surface area contributed by atoms with Gasteiger partial charge in [0, 0.05) is 32.1 Å². The van der Waals surface area contributed by atoms with Gasteiger partial charge in [-0.05, 0) is 31.2 Å². The maximum atomic E-state index is 5.50. The molecule has 1 aliphatic heterocycles. The molecule has 1 unspecified atom stereocenters. The van der Waals surface area contributed by atoms with Crippen molar-refractivity contribution in [3.05, 3.63) is 29.5 Å². The van der Waals surface area contributed by atoms with Gasteiger partial charge in [-0.2, -0.15) is 4.98 Å². The van der Waals surface area contributed by atoms with Crippen molar-refractivity contribution in [3.63, 3.8) is 0 Å². The molecule has 7 nitrogen and oxygen atoms in total. The minimum Gasteiger partial charge on any atom is -0.353 e. The summed E-state index contributed by atoms with van der Waals surface area (Å²) in [6.07, 6.45) is 4.06. The van der Waals surface area contributed by atoms with Crippen molar-refractivity contribution in [3.8, 4) is 0 Å². The van der Waals surface area contributed by atoms with E-state index in [1.165, 1.54) is 12.8 Å². The number of hydrogen-bond acceptors (Lipinski definition) is 8. The molecule has 0 aromatic carbocycles. The van der Waals surface area contributed by atoms with Gasteiger partial charge in [0.2, 0.25) is 5.89 Å². The van der Waals surface area contributed by atoms with Gasteiger partial charge in [0.15, 0.2) is 5.82 Å². The molecule has 2 aliphatic rings. The quantitative estimate of drug-likeness (QED) is 0.712. The van der Waals surface area contributed by atoms with Gasteiger partial charge in [-0.25, -0.2) is 9.97 Å². The maximum absolute atomic E-state index is 5.50. The number of fused-ring (bicyclic) bond motifs is 1. The molecule has 1 saturated carbocycles. The molecule has 2 fully saturated rings. The zero-order valence-electron chi connectivity index (χ0n) is 14.1. The summed E-state index contributed by atoms with van der Waals surface area (Å²) in [6, 6.07) is 2.27. The Morgan fingerprint density at radius 1 is 1.20 bits per heavy atom. The molecule has 3 aromatic rings. The van der Waals surface area contributed by atoms with Gasteiger partial charge in [-0.15, -0.1) is 11.3 Å². The molecule has 5 rings (SSSR count). The fraction of sp³-hybridized carbons (Fsp3) is 0.529. The van der Waals surface area contributed by atoms with E-state index in [9.17, 15) is 0 Å². The molecule has 0 N–H and O–H groups in total. The van der Waals surface area contributed by atoms with E-state index in [0.717, 1.165) is 53.9 Å². The molecule has 3 aromatic heterocycles. The second kappa shape index (κ2) is 6.03. The summed E-state index contributed by atoms with van der Waals surface area (Å²) in [5.74, 6) is 3.22. The topological polar surface area (TPSA) is 71.2 Å². The van der Waals surface area contributed by atoms with E-state index in [1.807, 2.05) is 0 Å². The molecular formula is C17H20N6OS. The number of aromatic nitrogens is 4. The van der Waals surface area contributed by atoms with Gasteiger partial charge in [0.25, 0.3) is 0 Å². The van der Waals surface area contributed by atoms with Crippen LogP contribution in [0.3, 0.4) is 0 Å².